The lowest BCUT2D eigenvalue weighted by atomic mass is 10.0. The van der Waals surface area contributed by atoms with E-state index < -0.39 is 5.82 Å². The summed E-state index contributed by atoms with van der Waals surface area (Å²) < 4.78 is 19.6. The van der Waals surface area contributed by atoms with E-state index in [9.17, 15) is 4.39 Å². The Labute approximate surface area is 128 Å². The summed E-state index contributed by atoms with van der Waals surface area (Å²) in [7, 11) is 1.79. The minimum absolute atomic E-state index is 0.0748. The monoisotopic (exact) mass is 300 g/mol. The molecule has 0 radical (unpaired) electrons. The van der Waals surface area contributed by atoms with Crippen molar-refractivity contribution >= 4 is 11.5 Å². The topological polar surface area (TPSA) is 59.4 Å². The first kappa shape index (κ1) is 14.4. The Balaban J connectivity index is 2.00. The lowest BCUT2D eigenvalue weighted by Crippen LogP contribution is -2.10. The van der Waals surface area contributed by atoms with Gasteiger partial charge in [0.2, 0.25) is 0 Å². The third-order valence-electron chi connectivity index (χ3n) is 3.35. The van der Waals surface area contributed by atoms with Crippen LogP contribution in [-0.4, -0.2) is 28.8 Å². The first-order valence-electron chi connectivity index (χ1n) is 7.13. The third kappa shape index (κ3) is 2.52. The van der Waals surface area contributed by atoms with Crippen LogP contribution in [0.25, 0.3) is 0 Å². The molecular weight excluding hydrogens is 283 g/mol. The van der Waals surface area contributed by atoms with E-state index in [0.717, 1.165) is 11.3 Å². The summed E-state index contributed by atoms with van der Waals surface area (Å²) in [5.74, 6) is 0.546. The number of anilines is 1. The summed E-state index contributed by atoms with van der Waals surface area (Å²) in [6.45, 7) is 4.20. The molecule has 1 N–H and O–H groups in total. The van der Waals surface area contributed by atoms with E-state index in [2.05, 4.69) is 20.3 Å². The number of aromatic nitrogens is 2. The molecule has 0 saturated carbocycles. The van der Waals surface area contributed by atoms with Gasteiger partial charge in [0, 0.05) is 12.6 Å². The van der Waals surface area contributed by atoms with Crippen LogP contribution in [0.15, 0.2) is 29.5 Å². The zero-order valence-corrected chi connectivity index (χ0v) is 12.7. The van der Waals surface area contributed by atoms with Crippen molar-refractivity contribution in [3.63, 3.8) is 0 Å². The Morgan fingerprint density at radius 3 is 2.77 bits per heavy atom. The van der Waals surface area contributed by atoms with Crippen molar-refractivity contribution in [3.05, 3.63) is 47.2 Å². The van der Waals surface area contributed by atoms with Crippen molar-refractivity contribution < 1.29 is 9.13 Å². The highest BCUT2D eigenvalue weighted by Gasteiger charge is 2.23. The second-order valence-corrected chi connectivity index (χ2v) is 5.27. The van der Waals surface area contributed by atoms with E-state index >= 15 is 0 Å². The average Bonchev–Trinajstić information content (AvgIpc) is 2.93. The van der Waals surface area contributed by atoms with Crippen molar-refractivity contribution in [2.24, 2.45) is 4.99 Å². The number of aliphatic imine (C=N–C) groups is 1. The van der Waals surface area contributed by atoms with Crippen molar-refractivity contribution in [1.29, 1.82) is 0 Å². The lowest BCUT2D eigenvalue weighted by molar-refractivity contribution is 0.231. The third-order valence-corrected chi connectivity index (χ3v) is 3.35. The van der Waals surface area contributed by atoms with Crippen LogP contribution in [0, 0.1) is 5.82 Å². The summed E-state index contributed by atoms with van der Waals surface area (Å²) >= 11 is 0. The summed E-state index contributed by atoms with van der Waals surface area (Å²) in [6.07, 6.45) is 1.43. The molecule has 22 heavy (non-hydrogen) atoms. The standard InChI is InChI=1S/C16H17FN4O/c1-9(2)22-13-5-4-10(6-11(13)17)15-14-12(7-19-15)20-8-21-16(14)18-3/h4-6,8-9H,7H2,1-3H3,(H,18,20,21). The Hall–Kier alpha value is -2.50. The number of ether oxygens (including phenoxy) is 1. The Morgan fingerprint density at radius 2 is 2.09 bits per heavy atom. The predicted octanol–water partition coefficient (Wildman–Crippen LogP) is 2.80. The van der Waals surface area contributed by atoms with Gasteiger partial charge >= 0.3 is 0 Å². The molecule has 114 valence electrons. The first-order valence-corrected chi connectivity index (χ1v) is 7.13. The number of halogens is 1. The van der Waals surface area contributed by atoms with Gasteiger partial charge in [-0.15, -0.1) is 0 Å². The molecule has 2 aromatic rings. The molecule has 0 atom stereocenters. The van der Waals surface area contributed by atoms with E-state index in [1.165, 1.54) is 12.4 Å². The molecule has 6 heteroatoms. The molecule has 5 nitrogen and oxygen atoms in total. The van der Waals surface area contributed by atoms with Crippen LogP contribution in [0.3, 0.4) is 0 Å². The normalized spacial score (nSPS) is 13.0. The summed E-state index contributed by atoms with van der Waals surface area (Å²) in [5, 5.41) is 3.03. The Morgan fingerprint density at radius 1 is 1.27 bits per heavy atom. The smallest absolute Gasteiger partial charge is 0.165 e. The Kier molecular flexibility index (Phi) is 3.75. The number of rotatable bonds is 4. The molecule has 2 heterocycles. The highest BCUT2D eigenvalue weighted by atomic mass is 19.1. The molecule has 1 aliphatic heterocycles. The molecule has 1 aromatic carbocycles. The van der Waals surface area contributed by atoms with E-state index in [1.54, 1.807) is 19.2 Å². The minimum atomic E-state index is -0.398. The number of benzene rings is 1. The average molecular weight is 300 g/mol. The second-order valence-electron chi connectivity index (χ2n) is 5.27. The van der Waals surface area contributed by atoms with Crippen molar-refractivity contribution in [2.75, 3.05) is 12.4 Å². The molecule has 0 unspecified atom stereocenters. The fourth-order valence-electron chi connectivity index (χ4n) is 2.45. The molecule has 3 rings (SSSR count). The van der Waals surface area contributed by atoms with Gasteiger partial charge in [-0.05, 0) is 32.0 Å². The molecule has 0 spiro atoms. The van der Waals surface area contributed by atoms with Gasteiger partial charge in [-0.25, -0.2) is 14.4 Å². The fraction of sp³-hybridized carbons (Fsp3) is 0.312. The van der Waals surface area contributed by atoms with Crippen LogP contribution in [0.1, 0.15) is 30.7 Å². The van der Waals surface area contributed by atoms with Gasteiger partial charge in [0.1, 0.15) is 12.1 Å². The highest BCUT2D eigenvalue weighted by Crippen LogP contribution is 2.28. The first-order chi connectivity index (χ1) is 10.6. The van der Waals surface area contributed by atoms with Crippen molar-refractivity contribution in [3.8, 4) is 5.75 Å². The van der Waals surface area contributed by atoms with Gasteiger partial charge in [-0.1, -0.05) is 0 Å². The summed E-state index contributed by atoms with van der Waals surface area (Å²) in [5.41, 5.74) is 3.08. The predicted molar refractivity (Wildman–Crippen MR) is 83.1 cm³/mol. The van der Waals surface area contributed by atoms with Gasteiger partial charge in [0.05, 0.1) is 29.6 Å². The number of nitrogens with zero attached hydrogens (tertiary/aromatic N) is 3. The molecule has 0 aliphatic carbocycles. The minimum Gasteiger partial charge on any atom is -0.488 e. The maximum absolute atomic E-state index is 14.2. The van der Waals surface area contributed by atoms with E-state index in [0.29, 0.717) is 23.6 Å². The quantitative estimate of drug-likeness (QED) is 0.943. The van der Waals surface area contributed by atoms with Crippen molar-refractivity contribution in [1.82, 2.24) is 9.97 Å². The molecule has 1 aromatic heterocycles. The SMILES string of the molecule is CNc1ncnc2c1C(c1ccc(OC(C)C)c(F)c1)=NC2. The number of fused-ring (bicyclic) bond motifs is 1. The van der Waals surface area contributed by atoms with Crippen LogP contribution in [0.2, 0.25) is 0 Å². The zero-order valence-electron chi connectivity index (χ0n) is 12.7. The zero-order chi connectivity index (χ0) is 15.7. The summed E-state index contributed by atoms with van der Waals surface area (Å²) in [6, 6.07) is 4.88. The number of nitrogens with one attached hydrogen (secondary N) is 1. The highest BCUT2D eigenvalue weighted by molar-refractivity contribution is 6.17. The largest absolute Gasteiger partial charge is 0.488 e. The molecule has 0 amide bonds. The van der Waals surface area contributed by atoms with Crippen LogP contribution in [0.5, 0.6) is 5.75 Å². The summed E-state index contributed by atoms with van der Waals surface area (Å²) in [4.78, 5) is 12.9. The van der Waals surface area contributed by atoms with Crippen LogP contribution >= 0.6 is 0 Å². The van der Waals surface area contributed by atoms with Gasteiger partial charge < -0.3 is 10.1 Å². The number of hydrogen-bond donors (Lipinski definition) is 1. The molecular formula is C16H17FN4O. The van der Waals surface area contributed by atoms with Gasteiger partial charge in [0.25, 0.3) is 0 Å². The van der Waals surface area contributed by atoms with Gasteiger partial charge in [-0.3, -0.25) is 4.99 Å². The van der Waals surface area contributed by atoms with E-state index in [4.69, 9.17) is 4.74 Å². The second kappa shape index (κ2) is 5.71. The van der Waals surface area contributed by atoms with Crippen LogP contribution in [-0.2, 0) is 6.54 Å². The molecule has 0 fully saturated rings. The van der Waals surface area contributed by atoms with E-state index in [1.807, 2.05) is 13.8 Å². The van der Waals surface area contributed by atoms with E-state index in [-0.39, 0.29) is 11.9 Å². The van der Waals surface area contributed by atoms with Crippen molar-refractivity contribution in [2.45, 2.75) is 26.5 Å². The number of hydrogen-bond acceptors (Lipinski definition) is 5. The van der Waals surface area contributed by atoms with Crippen LogP contribution in [0.4, 0.5) is 10.2 Å². The molecule has 1 aliphatic rings. The van der Waals surface area contributed by atoms with Gasteiger partial charge in [-0.2, -0.15) is 0 Å². The molecule has 0 saturated heterocycles. The maximum atomic E-state index is 14.2. The Bertz CT molecular complexity index is 743. The maximum Gasteiger partial charge on any atom is 0.165 e. The van der Waals surface area contributed by atoms with Crippen LogP contribution < -0.4 is 10.1 Å². The van der Waals surface area contributed by atoms with Gasteiger partial charge in [0.15, 0.2) is 11.6 Å². The fourth-order valence-corrected chi connectivity index (χ4v) is 2.45. The lowest BCUT2D eigenvalue weighted by Gasteiger charge is -2.12. The molecule has 0 bridgehead atoms.